The first-order valence-corrected chi connectivity index (χ1v) is 15.4. The van der Waals surface area contributed by atoms with E-state index >= 15 is 0 Å². The fraction of sp³-hybridized carbons (Fsp3) is 0.188. The van der Waals surface area contributed by atoms with E-state index in [2.05, 4.69) is 4.98 Å². The summed E-state index contributed by atoms with van der Waals surface area (Å²) in [6.07, 6.45) is 5.31. The lowest BCUT2D eigenvalue weighted by Gasteiger charge is -2.39. The number of carbonyl (C=O) groups excluding carboxylic acids is 1. The summed E-state index contributed by atoms with van der Waals surface area (Å²) in [4.78, 5) is 19.8. The van der Waals surface area contributed by atoms with Crippen LogP contribution in [-0.2, 0) is 32.7 Å². The van der Waals surface area contributed by atoms with Crippen molar-refractivity contribution in [1.82, 2.24) is 18.8 Å². The first kappa shape index (κ1) is 28.1. The van der Waals surface area contributed by atoms with Crippen LogP contribution in [0.5, 0.6) is 0 Å². The molecule has 2 heterocycles. The molecule has 1 fully saturated rings. The molecule has 0 saturated carbocycles. The Kier molecular flexibility index (Phi) is 8.08. The standard InChI is InChI=1S/C32H29ClN4O4S/c33-28-10-8-27-19-30(13-9-26(27)18-28)42(39,40)37-17-16-35(20-24-6-11-29(12-7-24)36-15-14-34-23-36)32(38)31(37)22-41-21-25-4-2-1-3-5-25/h1-15,18-19,23,31H,16-17,20-22H2/t31-/m0/s1. The summed E-state index contributed by atoms with van der Waals surface area (Å²) in [5.74, 6) is -0.288. The first-order chi connectivity index (χ1) is 20.4. The van der Waals surface area contributed by atoms with Crippen LogP contribution >= 0.6 is 11.6 Å². The molecule has 0 unspecified atom stereocenters. The number of carbonyl (C=O) groups is 1. The number of amides is 1. The van der Waals surface area contributed by atoms with Gasteiger partial charge in [0.25, 0.3) is 0 Å². The van der Waals surface area contributed by atoms with E-state index in [9.17, 15) is 13.2 Å². The molecule has 0 N–H and O–H groups in total. The van der Waals surface area contributed by atoms with Crippen LogP contribution in [0.2, 0.25) is 5.02 Å². The number of benzene rings is 4. The topological polar surface area (TPSA) is 84.7 Å². The van der Waals surface area contributed by atoms with E-state index in [4.69, 9.17) is 16.3 Å². The van der Waals surface area contributed by atoms with Crippen LogP contribution in [0.15, 0.2) is 115 Å². The highest BCUT2D eigenvalue weighted by Gasteiger charge is 2.42. The zero-order valence-electron chi connectivity index (χ0n) is 22.7. The van der Waals surface area contributed by atoms with Gasteiger partial charge in [0.15, 0.2) is 0 Å². The van der Waals surface area contributed by atoms with Gasteiger partial charge in [0.05, 0.1) is 24.4 Å². The molecule has 1 saturated heterocycles. The summed E-state index contributed by atoms with van der Waals surface area (Å²) in [6, 6.07) is 26.7. The maximum absolute atomic E-state index is 14.0. The third-order valence-corrected chi connectivity index (χ3v) is 9.55. The molecule has 1 amide bonds. The van der Waals surface area contributed by atoms with Crippen molar-refractivity contribution in [3.8, 4) is 5.69 Å². The van der Waals surface area contributed by atoms with Crippen molar-refractivity contribution in [1.29, 1.82) is 0 Å². The van der Waals surface area contributed by atoms with Crippen LogP contribution < -0.4 is 0 Å². The minimum absolute atomic E-state index is 0.0633. The van der Waals surface area contributed by atoms with Gasteiger partial charge in [0.1, 0.15) is 6.04 Å². The van der Waals surface area contributed by atoms with Crippen molar-refractivity contribution in [2.75, 3.05) is 19.7 Å². The van der Waals surface area contributed by atoms with Gasteiger partial charge in [-0.1, -0.05) is 66.2 Å². The van der Waals surface area contributed by atoms with Gasteiger partial charge >= 0.3 is 0 Å². The average Bonchev–Trinajstić information content (AvgIpc) is 3.55. The Morgan fingerprint density at radius 3 is 2.40 bits per heavy atom. The van der Waals surface area contributed by atoms with Crippen LogP contribution in [0, 0.1) is 0 Å². The van der Waals surface area contributed by atoms with Crippen molar-refractivity contribution in [2.24, 2.45) is 0 Å². The van der Waals surface area contributed by atoms with Gasteiger partial charge < -0.3 is 14.2 Å². The fourth-order valence-electron chi connectivity index (χ4n) is 5.18. The molecule has 42 heavy (non-hydrogen) atoms. The molecule has 6 rings (SSSR count). The smallest absolute Gasteiger partial charge is 0.243 e. The lowest BCUT2D eigenvalue weighted by Crippen LogP contribution is -2.59. The molecule has 1 aliphatic heterocycles. The number of halogens is 1. The van der Waals surface area contributed by atoms with Crippen molar-refractivity contribution in [3.63, 3.8) is 0 Å². The van der Waals surface area contributed by atoms with Crippen LogP contribution in [0.1, 0.15) is 11.1 Å². The molecule has 1 aromatic heterocycles. The second-order valence-corrected chi connectivity index (χ2v) is 12.5. The minimum atomic E-state index is -4.00. The largest absolute Gasteiger partial charge is 0.375 e. The predicted molar refractivity (Wildman–Crippen MR) is 162 cm³/mol. The zero-order chi connectivity index (χ0) is 29.1. The Morgan fingerprint density at radius 1 is 0.881 bits per heavy atom. The molecule has 5 aromatic rings. The molecule has 0 spiro atoms. The third-order valence-electron chi connectivity index (χ3n) is 7.41. The van der Waals surface area contributed by atoms with Crippen molar-refractivity contribution in [2.45, 2.75) is 24.1 Å². The van der Waals surface area contributed by atoms with Crippen LogP contribution in [0.4, 0.5) is 0 Å². The second kappa shape index (κ2) is 12.1. The maximum atomic E-state index is 14.0. The molecule has 214 valence electrons. The molecule has 0 aliphatic carbocycles. The first-order valence-electron chi connectivity index (χ1n) is 13.6. The van der Waals surface area contributed by atoms with E-state index in [0.29, 0.717) is 11.6 Å². The second-order valence-electron chi connectivity index (χ2n) is 10.2. The lowest BCUT2D eigenvalue weighted by molar-refractivity contribution is -0.142. The molecule has 1 atom stereocenters. The molecule has 0 bridgehead atoms. The van der Waals surface area contributed by atoms with Gasteiger partial charge in [0, 0.05) is 42.7 Å². The molecule has 4 aromatic carbocycles. The molecular formula is C32H29ClN4O4S. The normalized spacial score (nSPS) is 16.3. The Labute approximate surface area is 249 Å². The summed E-state index contributed by atoms with van der Waals surface area (Å²) in [5.41, 5.74) is 2.85. The molecule has 0 radical (unpaired) electrons. The molecule has 10 heteroatoms. The highest BCUT2D eigenvalue weighted by Crippen LogP contribution is 2.28. The van der Waals surface area contributed by atoms with Crippen molar-refractivity contribution >= 4 is 38.3 Å². The SMILES string of the molecule is O=C1[C@H](COCc2ccccc2)N(S(=O)(=O)c2ccc3cc(Cl)ccc3c2)CCN1Cc1ccc(-n2ccnc2)cc1. The number of sulfonamides is 1. The number of hydrogen-bond acceptors (Lipinski definition) is 5. The van der Waals surface area contributed by atoms with E-state index in [-0.39, 0.29) is 37.1 Å². The summed E-state index contributed by atoms with van der Waals surface area (Å²) < 4.78 is 37.1. The number of rotatable bonds is 9. The minimum Gasteiger partial charge on any atom is -0.375 e. The number of aromatic nitrogens is 2. The fourth-order valence-corrected chi connectivity index (χ4v) is 6.95. The summed E-state index contributed by atoms with van der Waals surface area (Å²) in [6.45, 7) is 0.985. The molecular weight excluding hydrogens is 572 g/mol. The zero-order valence-corrected chi connectivity index (χ0v) is 24.3. The quantitative estimate of drug-likeness (QED) is 0.229. The molecule has 1 aliphatic rings. The summed E-state index contributed by atoms with van der Waals surface area (Å²) >= 11 is 6.11. The maximum Gasteiger partial charge on any atom is 0.243 e. The Morgan fingerprint density at radius 2 is 1.64 bits per heavy atom. The van der Waals surface area contributed by atoms with E-state index in [1.54, 1.807) is 53.8 Å². The predicted octanol–water partition coefficient (Wildman–Crippen LogP) is 5.30. The van der Waals surface area contributed by atoms with E-state index in [0.717, 1.165) is 27.6 Å². The average molecular weight is 601 g/mol. The highest BCUT2D eigenvalue weighted by molar-refractivity contribution is 7.89. The Balaban J connectivity index is 1.24. The van der Waals surface area contributed by atoms with Crippen molar-refractivity contribution in [3.05, 3.63) is 126 Å². The number of fused-ring (bicyclic) bond motifs is 1. The number of imidazole rings is 1. The molecule has 8 nitrogen and oxygen atoms in total. The highest BCUT2D eigenvalue weighted by atomic mass is 35.5. The van der Waals surface area contributed by atoms with Crippen LogP contribution in [-0.4, -0.2) is 58.8 Å². The Hall–Kier alpha value is -4.02. The van der Waals surface area contributed by atoms with Crippen molar-refractivity contribution < 1.29 is 17.9 Å². The monoisotopic (exact) mass is 600 g/mol. The van der Waals surface area contributed by atoms with E-state index in [1.165, 1.54) is 4.31 Å². The van der Waals surface area contributed by atoms with Gasteiger partial charge in [-0.05, 0) is 58.3 Å². The van der Waals surface area contributed by atoms with E-state index < -0.39 is 16.1 Å². The number of hydrogen-bond donors (Lipinski definition) is 0. The van der Waals surface area contributed by atoms with E-state index in [1.807, 2.05) is 65.4 Å². The summed E-state index contributed by atoms with van der Waals surface area (Å²) in [5, 5.41) is 2.16. The van der Waals surface area contributed by atoms with Gasteiger partial charge in [-0.25, -0.2) is 13.4 Å². The van der Waals surface area contributed by atoms with Crippen LogP contribution in [0.25, 0.3) is 16.5 Å². The number of piperazine rings is 1. The van der Waals surface area contributed by atoms with Gasteiger partial charge in [0.2, 0.25) is 15.9 Å². The number of nitrogens with zero attached hydrogens (tertiary/aromatic N) is 4. The van der Waals surface area contributed by atoms with Crippen LogP contribution in [0.3, 0.4) is 0 Å². The van der Waals surface area contributed by atoms with Gasteiger partial charge in [-0.2, -0.15) is 4.31 Å². The van der Waals surface area contributed by atoms with Gasteiger partial charge in [-0.3, -0.25) is 4.79 Å². The summed E-state index contributed by atoms with van der Waals surface area (Å²) in [7, 11) is -4.00. The Bertz CT molecular complexity index is 1800. The third kappa shape index (κ3) is 5.96. The lowest BCUT2D eigenvalue weighted by atomic mass is 10.1. The van der Waals surface area contributed by atoms with Gasteiger partial charge in [-0.15, -0.1) is 0 Å². The number of ether oxygens (including phenoxy) is 1.